The number of benzene rings is 1. The fraction of sp³-hybridized carbons (Fsp3) is 0.360. The zero-order valence-electron chi connectivity index (χ0n) is 20.9. The number of fused-ring (bicyclic) bond motifs is 1. The highest BCUT2D eigenvalue weighted by molar-refractivity contribution is 5.86. The third-order valence-corrected chi connectivity index (χ3v) is 5.44. The Balaban J connectivity index is 1.66. The minimum atomic E-state index is -4.44. The van der Waals surface area contributed by atoms with Gasteiger partial charge in [-0.25, -0.2) is 14.6 Å². The van der Waals surface area contributed by atoms with E-state index in [-0.39, 0.29) is 36.1 Å². The predicted molar refractivity (Wildman–Crippen MR) is 133 cm³/mol. The second-order valence-electron chi connectivity index (χ2n) is 9.14. The topological polar surface area (TPSA) is 151 Å². The predicted octanol–water partition coefficient (Wildman–Crippen LogP) is 3.17. The minimum absolute atomic E-state index is 0.0274. The van der Waals surface area contributed by atoms with Crippen LogP contribution in [0.4, 0.5) is 19.0 Å². The van der Waals surface area contributed by atoms with Crippen molar-refractivity contribution in [2.75, 3.05) is 12.3 Å². The molecule has 0 saturated carbocycles. The van der Waals surface area contributed by atoms with Gasteiger partial charge in [0.2, 0.25) is 5.88 Å². The minimum Gasteiger partial charge on any atom is -0.476 e. The molecule has 0 radical (unpaired) electrons. The van der Waals surface area contributed by atoms with Gasteiger partial charge in [-0.1, -0.05) is 24.1 Å². The Bertz CT molecular complexity index is 1510. The van der Waals surface area contributed by atoms with Gasteiger partial charge in [-0.2, -0.15) is 13.2 Å². The molecule has 0 aliphatic carbocycles. The molecule has 4 rings (SSSR count). The molecule has 200 valence electrons. The number of aliphatic hydroxyl groups is 1. The first-order valence-corrected chi connectivity index (χ1v) is 11.7. The molecule has 1 aromatic carbocycles. The van der Waals surface area contributed by atoms with Crippen molar-refractivity contribution in [3.05, 3.63) is 47.2 Å². The summed E-state index contributed by atoms with van der Waals surface area (Å²) < 4.78 is 51.5. The van der Waals surface area contributed by atoms with Crippen LogP contribution in [-0.2, 0) is 19.1 Å². The summed E-state index contributed by atoms with van der Waals surface area (Å²) in [5.41, 5.74) is 11.9. The van der Waals surface area contributed by atoms with E-state index in [9.17, 15) is 18.3 Å². The number of nitrogen functional groups attached to an aromatic ring is 1. The van der Waals surface area contributed by atoms with E-state index in [0.29, 0.717) is 29.0 Å². The van der Waals surface area contributed by atoms with Crippen molar-refractivity contribution in [2.45, 2.75) is 51.6 Å². The molecule has 1 atom stereocenters. The van der Waals surface area contributed by atoms with Gasteiger partial charge in [0.25, 0.3) is 0 Å². The zero-order valence-corrected chi connectivity index (χ0v) is 20.9. The summed E-state index contributed by atoms with van der Waals surface area (Å²) >= 11 is 0. The molecule has 13 heteroatoms. The average molecular weight is 530 g/mol. The van der Waals surface area contributed by atoms with Gasteiger partial charge in [-0.15, -0.1) is 0 Å². The summed E-state index contributed by atoms with van der Waals surface area (Å²) in [5.74, 6) is 6.17. The summed E-state index contributed by atoms with van der Waals surface area (Å²) in [7, 11) is 0. The Kier molecular flexibility index (Phi) is 7.30. The first-order chi connectivity index (χ1) is 17.9. The molecule has 0 amide bonds. The van der Waals surface area contributed by atoms with E-state index in [1.807, 2.05) is 6.92 Å². The highest BCUT2D eigenvalue weighted by Crippen LogP contribution is 2.31. The number of halogens is 3. The van der Waals surface area contributed by atoms with E-state index >= 15 is 0 Å². The number of aryl methyl sites for hydroxylation is 1. The Morgan fingerprint density at radius 3 is 2.58 bits per heavy atom. The number of nitrogens with zero attached hydrogens (tertiary/aromatic N) is 5. The Hall–Kier alpha value is -4.15. The molecule has 5 N–H and O–H groups in total. The molecule has 0 spiro atoms. The zero-order chi connectivity index (χ0) is 27.7. The van der Waals surface area contributed by atoms with Crippen LogP contribution in [0.15, 0.2) is 35.0 Å². The van der Waals surface area contributed by atoms with E-state index < -0.39 is 23.4 Å². The van der Waals surface area contributed by atoms with Crippen LogP contribution >= 0.6 is 0 Å². The fourth-order valence-corrected chi connectivity index (χ4v) is 3.75. The van der Waals surface area contributed by atoms with E-state index in [2.05, 4.69) is 32.1 Å². The number of rotatable bonds is 7. The number of hydrogen-bond donors (Lipinski definition) is 3. The molecule has 0 saturated heterocycles. The van der Waals surface area contributed by atoms with Gasteiger partial charge in [0.1, 0.15) is 23.4 Å². The number of imidazole rings is 1. The average Bonchev–Trinajstić information content (AvgIpc) is 3.43. The molecule has 0 aliphatic rings. The van der Waals surface area contributed by atoms with E-state index in [1.165, 1.54) is 19.9 Å². The fourth-order valence-electron chi connectivity index (χ4n) is 3.75. The lowest BCUT2D eigenvalue weighted by Crippen LogP contribution is -2.30. The molecule has 38 heavy (non-hydrogen) atoms. The van der Waals surface area contributed by atoms with Crippen molar-refractivity contribution in [3.63, 3.8) is 0 Å². The summed E-state index contributed by atoms with van der Waals surface area (Å²) in [6, 6.07) is 6.03. The second kappa shape index (κ2) is 10.3. The van der Waals surface area contributed by atoms with Crippen molar-refractivity contribution < 1.29 is 27.6 Å². The monoisotopic (exact) mass is 529 g/mol. The van der Waals surface area contributed by atoms with Crippen molar-refractivity contribution in [2.24, 2.45) is 5.73 Å². The van der Waals surface area contributed by atoms with Gasteiger partial charge in [0.15, 0.2) is 17.3 Å². The first kappa shape index (κ1) is 26.9. The Labute approximate surface area is 215 Å². The largest absolute Gasteiger partial charge is 0.476 e. The van der Waals surface area contributed by atoms with Crippen molar-refractivity contribution in [3.8, 4) is 29.2 Å². The molecule has 10 nitrogen and oxygen atoms in total. The number of alkyl halides is 3. The number of pyridine rings is 1. The molecule has 3 aromatic heterocycles. The Morgan fingerprint density at radius 1 is 1.18 bits per heavy atom. The molecule has 0 fully saturated rings. The maximum atomic E-state index is 13.0. The van der Waals surface area contributed by atoms with Gasteiger partial charge >= 0.3 is 6.18 Å². The Morgan fingerprint density at radius 2 is 1.95 bits per heavy atom. The summed E-state index contributed by atoms with van der Waals surface area (Å²) in [5, 5.41) is 17.6. The summed E-state index contributed by atoms with van der Waals surface area (Å²) in [6.45, 7) is 5.39. The van der Waals surface area contributed by atoms with Crippen molar-refractivity contribution in [1.82, 2.24) is 24.8 Å². The molecule has 0 aliphatic heterocycles. The lowest BCUT2D eigenvalue weighted by atomic mass is 10.0. The van der Waals surface area contributed by atoms with Gasteiger partial charge in [0.05, 0.1) is 11.1 Å². The summed E-state index contributed by atoms with van der Waals surface area (Å²) in [4.78, 5) is 9.05. The number of hydrogen-bond acceptors (Lipinski definition) is 9. The van der Waals surface area contributed by atoms with Crippen LogP contribution in [0.3, 0.4) is 0 Å². The number of nitrogens with two attached hydrogens (primary N) is 2. The maximum Gasteiger partial charge on any atom is 0.416 e. The van der Waals surface area contributed by atoms with Gasteiger partial charge in [-0.05, 0) is 55.1 Å². The van der Waals surface area contributed by atoms with Crippen LogP contribution < -0.4 is 16.2 Å². The normalized spacial score (nSPS) is 12.8. The quantitative estimate of drug-likeness (QED) is 0.307. The maximum absolute atomic E-state index is 13.0. The third-order valence-electron chi connectivity index (χ3n) is 5.44. The smallest absolute Gasteiger partial charge is 0.416 e. The summed E-state index contributed by atoms with van der Waals surface area (Å²) in [6.07, 6.45) is -4.28. The van der Waals surface area contributed by atoms with Crippen LogP contribution in [-0.4, -0.2) is 48.2 Å². The van der Waals surface area contributed by atoms with E-state index in [1.54, 1.807) is 16.7 Å². The molecule has 3 heterocycles. The molecular weight excluding hydrogens is 503 g/mol. The van der Waals surface area contributed by atoms with Crippen LogP contribution in [0.2, 0.25) is 0 Å². The lowest BCUT2D eigenvalue weighted by molar-refractivity contribution is -0.137. The van der Waals surface area contributed by atoms with Gasteiger partial charge in [-0.3, -0.25) is 0 Å². The first-order valence-electron chi connectivity index (χ1n) is 11.7. The van der Waals surface area contributed by atoms with Crippen LogP contribution in [0.5, 0.6) is 5.88 Å². The second-order valence-corrected chi connectivity index (χ2v) is 9.14. The number of anilines is 1. The van der Waals surface area contributed by atoms with Crippen LogP contribution in [0, 0.1) is 11.8 Å². The van der Waals surface area contributed by atoms with Crippen molar-refractivity contribution >= 4 is 16.9 Å². The number of ether oxygens (including phenoxy) is 1. The lowest BCUT2D eigenvalue weighted by Gasteiger charge is -2.15. The highest BCUT2D eigenvalue weighted by Gasteiger charge is 2.30. The van der Waals surface area contributed by atoms with E-state index in [0.717, 1.165) is 12.1 Å². The van der Waals surface area contributed by atoms with Crippen LogP contribution in [0.1, 0.15) is 37.6 Å². The van der Waals surface area contributed by atoms with E-state index in [4.69, 9.17) is 20.8 Å². The van der Waals surface area contributed by atoms with Gasteiger partial charge in [0, 0.05) is 18.7 Å². The molecule has 0 unspecified atom stereocenters. The highest BCUT2D eigenvalue weighted by atomic mass is 19.4. The third kappa shape index (κ3) is 6.04. The molecule has 4 aromatic rings. The SMILES string of the molecule is CCn1c(-c2nonc2N)nc2c(C#CC(C)(C)O)nc(OC[C@@H](N)Cc3cccc(C(F)(F)F)c3)cc21. The standard InChI is InChI=1S/C25H26F3N7O3/c1-4-35-18-12-19(37-13-16(29)11-14-6-5-7-15(10-14)25(26,27)28)31-17(8-9-24(2,3)36)20(18)32-23(35)21-22(30)34-38-33-21/h5-7,10,12,16,36H,4,11,13,29H2,1-3H3,(H2,30,34)/t16-/m0/s1. The molecule has 0 bridgehead atoms. The molecular formula is C25H26F3N7O3. The van der Waals surface area contributed by atoms with Crippen molar-refractivity contribution in [1.29, 1.82) is 0 Å². The number of aromatic nitrogens is 5. The van der Waals surface area contributed by atoms with Crippen LogP contribution in [0.25, 0.3) is 22.6 Å². The van der Waals surface area contributed by atoms with Gasteiger partial charge < -0.3 is 25.9 Å².